The minimum Gasteiger partial charge on any atom is -0.298 e. The van der Waals surface area contributed by atoms with Gasteiger partial charge in [0.1, 0.15) is 6.29 Å². The third-order valence-electron chi connectivity index (χ3n) is 1.90. The fourth-order valence-electron chi connectivity index (χ4n) is 1.27. The second-order valence-electron chi connectivity index (χ2n) is 2.76. The van der Waals surface area contributed by atoms with Gasteiger partial charge in [-0.3, -0.25) is 4.79 Å². The fourth-order valence-corrected chi connectivity index (χ4v) is 2.45. The Morgan fingerprint density at radius 3 is 2.69 bits per heavy atom. The Morgan fingerprint density at radius 2 is 2.00 bits per heavy atom. The van der Waals surface area contributed by atoms with Crippen LogP contribution in [0.25, 0.3) is 6.08 Å². The molecule has 0 aliphatic carbocycles. The molecule has 1 aromatic carbocycles. The second kappa shape index (κ2) is 2.53. The average Bonchev–Trinajstić information content (AvgIpc) is 2.42. The highest BCUT2D eigenvalue weighted by Gasteiger charge is 2.19. The van der Waals surface area contributed by atoms with Gasteiger partial charge < -0.3 is 0 Å². The van der Waals surface area contributed by atoms with Crippen LogP contribution in [0.3, 0.4) is 0 Å². The largest absolute Gasteiger partial charge is 0.298 e. The van der Waals surface area contributed by atoms with E-state index in [0.717, 1.165) is 5.41 Å². The molecule has 66 valence electrons. The summed E-state index contributed by atoms with van der Waals surface area (Å²) < 4.78 is 22.6. The van der Waals surface area contributed by atoms with E-state index in [9.17, 15) is 13.2 Å². The standard InChI is InChI=1S/C9H6O3S/c10-6-7-1-2-9-8(5-7)3-4-13(9,11)12/h1-6H. The van der Waals surface area contributed by atoms with Crippen molar-refractivity contribution >= 4 is 22.2 Å². The van der Waals surface area contributed by atoms with Crippen molar-refractivity contribution in [1.82, 2.24) is 0 Å². The number of carbonyl (C=O) groups is 1. The predicted molar refractivity (Wildman–Crippen MR) is 48.0 cm³/mol. The van der Waals surface area contributed by atoms with Crippen LogP contribution >= 0.6 is 0 Å². The van der Waals surface area contributed by atoms with Gasteiger partial charge in [-0.2, -0.15) is 0 Å². The summed E-state index contributed by atoms with van der Waals surface area (Å²) in [5, 5.41) is 1.15. The van der Waals surface area contributed by atoms with Crippen LogP contribution < -0.4 is 0 Å². The third kappa shape index (κ3) is 1.19. The van der Waals surface area contributed by atoms with Gasteiger partial charge in [-0.15, -0.1) is 0 Å². The number of sulfone groups is 1. The number of aldehydes is 1. The van der Waals surface area contributed by atoms with Crippen LogP contribution in [0.1, 0.15) is 15.9 Å². The lowest BCUT2D eigenvalue weighted by molar-refractivity contribution is 0.112. The summed E-state index contributed by atoms with van der Waals surface area (Å²) in [7, 11) is -3.23. The minimum absolute atomic E-state index is 0.276. The molecule has 0 aromatic heterocycles. The van der Waals surface area contributed by atoms with Crippen molar-refractivity contribution in [2.45, 2.75) is 4.90 Å². The van der Waals surface area contributed by atoms with E-state index < -0.39 is 9.84 Å². The van der Waals surface area contributed by atoms with Gasteiger partial charge in [-0.1, -0.05) is 6.07 Å². The van der Waals surface area contributed by atoms with Crippen molar-refractivity contribution < 1.29 is 13.2 Å². The van der Waals surface area contributed by atoms with Gasteiger partial charge >= 0.3 is 0 Å². The predicted octanol–water partition coefficient (Wildman–Crippen LogP) is 1.26. The summed E-state index contributed by atoms with van der Waals surface area (Å²) in [6.07, 6.45) is 2.19. The molecule has 1 aromatic rings. The van der Waals surface area contributed by atoms with E-state index in [-0.39, 0.29) is 4.90 Å². The summed E-state index contributed by atoms with van der Waals surface area (Å²) in [6, 6.07) is 4.51. The first-order valence-corrected chi connectivity index (χ1v) is 5.20. The van der Waals surface area contributed by atoms with E-state index >= 15 is 0 Å². The van der Waals surface area contributed by atoms with Crippen molar-refractivity contribution in [1.29, 1.82) is 0 Å². The van der Waals surface area contributed by atoms with E-state index in [4.69, 9.17) is 0 Å². The van der Waals surface area contributed by atoms with Gasteiger partial charge in [0.05, 0.1) is 4.90 Å². The fraction of sp³-hybridized carbons (Fsp3) is 0. The molecule has 0 saturated heterocycles. The van der Waals surface area contributed by atoms with Crippen molar-refractivity contribution in [2.75, 3.05) is 0 Å². The summed E-state index contributed by atoms with van der Waals surface area (Å²) in [5.41, 5.74) is 1.07. The van der Waals surface area contributed by atoms with Crippen LogP contribution in [0, 0.1) is 0 Å². The molecule has 0 radical (unpaired) electrons. The first-order valence-electron chi connectivity index (χ1n) is 3.66. The Balaban J connectivity index is 2.72. The van der Waals surface area contributed by atoms with Crippen LogP contribution in [-0.4, -0.2) is 14.7 Å². The quantitative estimate of drug-likeness (QED) is 0.632. The van der Waals surface area contributed by atoms with Gasteiger partial charge in [0.15, 0.2) is 9.84 Å². The average molecular weight is 194 g/mol. The molecule has 13 heavy (non-hydrogen) atoms. The van der Waals surface area contributed by atoms with Gasteiger partial charge in [-0.25, -0.2) is 8.42 Å². The lowest BCUT2D eigenvalue weighted by Crippen LogP contribution is -1.93. The number of benzene rings is 1. The van der Waals surface area contributed by atoms with E-state index in [1.54, 1.807) is 6.07 Å². The van der Waals surface area contributed by atoms with E-state index in [2.05, 4.69) is 0 Å². The number of fused-ring (bicyclic) bond motifs is 1. The number of hydrogen-bond donors (Lipinski definition) is 0. The van der Waals surface area contributed by atoms with Gasteiger partial charge in [0, 0.05) is 11.0 Å². The Labute approximate surface area is 75.6 Å². The molecule has 0 atom stereocenters. The summed E-state index contributed by atoms with van der Waals surface area (Å²) in [6.45, 7) is 0. The molecule has 0 N–H and O–H groups in total. The maximum absolute atomic E-state index is 11.3. The number of rotatable bonds is 1. The molecule has 0 amide bonds. The monoisotopic (exact) mass is 194 g/mol. The Morgan fingerprint density at radius 1 is 1.23 bits per heavy atom. The summed E-state index contributed by atoms with van der Waals surface area (Å²) in [5.74, 6) is 0. The lowest BCUT2D eigenvalue weighted by atomic mass is 10.1. The van der Waals surface area contributed by atoms with E-state index in [1.165, 1.54) is 18.2 Å². The molecular weight excluding hydrogens is 188 g/mol. The third-order valence-corrected chi connectivity index (χ3v) is 3.38. The summed E-state index contributed by atoms with van der Waals surface area (Å²) in [4.78, 5) is 10.7. The maximum Gasteiger partial charge on any atom is 0.200 e. The highest BCUT2D eigenvalue weighted by atomic mass is 32.2. The van der Waals surface area contributed by atoms with Crippen LogP contribution in [0.5, 0.6) is 0 Å². The number of hydrogen-bond acceptors (Lipinski definition) is 3. The number of carbonyl (C=O) groups excluding carboxylic acids is 1. The van der Waals surface area contributed by atoms with Gasteiger partial charge in [0.2, 0.25) is 0 Å². The van der Waals surface area contributed by atoms with Crippen molar-refractivity contribution in [3.8, 4) is 0 Å². The van der Waals surface area contributed by atoms with Crippen LogP contribution in [0.15, 0.2) is 28.5 Å². The Bertz CT molecular complexity index is 498. The zero-order valence-electron chi connectivity index (χ0n) is 6.60. The van der Waals surface area contributed by atoms with E-state index in [1.807, 2.05) is 0 Å². The smallest absolute Gasteiger partial charge is 0.200 e. The molecule has 0 unspecified atom stereocenters. The Kier molecular flexibility index (Phi) is 1.60. The van der Waals surface area contributed by atoms with E-state index in [0.29, 0.717) is 17.4 Å². The highest BCUT2D eigenvalue weighted by Crippen LogP contribution is 2.26. The Hall–Kier alpha value is -1.42. The molecule has 1 heterocycles. The van der Waals surface area contributed by atoms with Crippen LogP contribution in [0.4, 0.5) is 0 Å². The summed E-state index contributed by atoms with van der Waals surface area (Å²) >= 11 is 0. The first-order chi connectivity index (χ1) is 6.13. The first kappa shape index (κ1) is 8.19. The van der Waals surface area contributed by atoms with Crippen molar-refractivity contribution in [2.24, 2.45) is 0 Å². The molecule has 0 spiro atoms. The van der Waals surface area contributed by atoms with Gasteiger partial charge in [-0.05, 0) is 23.8 Å². The SMILES string of the molecule is O=Cc1ccc2c(c1)C=CS2(=O)=O. The topological polar surface area (TPSA) is 51.2 Å². The van der Waals surface area contributed by atoms with Crippen LogP contribution in [-0.2, 0) is 9.84 Å². The molecule has 1 aliphatic heterocycles. The lowest BCUT2D eigenvalue weighted by Gasteiger charge is -1.97. The minimum atomic E-state index is -3.23. The molecule has 1 aliphatic rings. The highest BCUT2D eigenvalue weighted by molar-refractivity contribution is 7.94. The normalized spacial score (nSPS) is 16.9. The van der Waals surface area contributed by atoms with Crippen LogP contribution in [0.2, 0.25) is 0 Å². The molecule has 3 nitrogen and oxygen atoms in total. The van der Waals surface area contributed by atoms with Crippen molar-refractivity contribution in [3.63, 3.8) is 0 Å². The molecule has 2 rings (SSSR count). The molecule has 0 bridgehead atoms. The molecule has 4 heteroatoms. The van der Waals surface area contributed by atoms with Gasteiger partial charge in [0.25, 0.3) is 0 Å². The zero-order chi connectivity index (χ0) is 9.47. The maximum atomic E-state index is 11.3. The molecular formula is C9H6O3S. The molecule has 0 saturated carbocycles. The second-order valence-corrected chi connectivity index (χ2v) is 4.56. The zero-order valence-corrected chi connectivity index (χ0v) is 7.41. The van der Waals surface area contributed by atoms with Crippen molar-refractivity contribution in [3.05, 3.63) is 34.7 Å². The molecule has 0 fully saturated rings.